The average Bonchev–Trinajstić information content (AvgIpc) is 2.67. The molecule has 1 aromatic carbocycles. The van der Waals surface area contributed by atoms with Crippen LogP contribution in [0, 0.1) is 0 Å². The number of H-pyrrole nitrogens is 1. The van der Waals surface area contributed by atoms with Crippen molar-refractivity contribution in [2.75, 3.05) is 0 Å². The van der Waals surface area contributed by atoms with Gasteiger partial charge in [0.25, 0.3) is 0 Å². The fraction of sp³-hybridized carbons (Fsp3) is 0.385. The molecule has 1 aromatic heterocycles. The van der Waals surface area contributed by atoms with E-state index in [0.29, 0.717) is 11.8 Å². The summed E-state index contributed by atoms with van der Waals surface area (Å²) in [5.41, 5.74) is 9.32. The van der Waals surface area contributed by atoms with Gasteiger partial charge < -0.3 is 10.7 Å². The van der Waals surface area contributed by atoms with Gasteiger partial charge in [0.1, 0.15) is 0 Å². The van der Waals surface area contributed by atoms with E-state index >= 15 is 0 Å². The minimum Gasteiger partial charge on any atom is -0.358 e. The lowest BCUT2D eigenvalue weighted by Crippen LogP contribution is -1.94. The number of benzene rings is 1. The van der Waals surface area contributed by atoms with E-state index in [1.807, 2.05) is 11.8 Å². The van der Waals surface area contributed by atoms with Gasteiger partial charge in [-0.3, -0.25) is 0 Å². The second-order valence-corrected chi connectivity index (χ2v) is 5.84. The maximum absolute atomic E-state index is 5.63. The predicted molar refractivity (Wildman–Crippen MR) is 72.6 cm³/mol. The van der Waals surface area contributed by atoms with E-state index in [-0.39, 0.29) is 0 Å². The smallest absolute Gasteiger partial charge is 0.0456 e. The normalized spacial score (nSPS) is 11.5. The Morgan fingerprint density at radius 1 is 1.31 bits per heavy atom. The minimum atomic E-state index is 0.608. The van der Waals surface area contributed by atoms with Crippen LogP contribution in [0.5, 0.6) is 0 Å². The Hall–Kier alpha value is -0.930. The highest BCUT2D eigenvalue weighted by Gasteiger charge is 2.03. The number of nitrogens with one attached hydrogen (secondary N) is 1. The standard InChI is InChI=1S/C13H18N2S/c1-9(2)16-8-12-6-11-5-10(7-14)3-4-13(11)15-12/h3-6,9,15H,7-8,14H2,1-2H3. The molecule has 0 bridgehead atoms. The molecule has 0 aliphatic rings. The molecule has 0 unspecified atom stereocenters. The molecule has 3 heteroatoms. The lowest BCUT2D eigenvalue weighted by Gasteiger charge is -2.01. The molecule has 86 valence electrons. The summed E-state index contributed by atoms with van der Waals surface area (Å²) >= 11 is 1.95. The summed E-state index contributed by atoms with van der Waals surface area (Å²) in [7, 11) is 0. The first-order valence-corrected chi connectivity index (χ1v) is 6.66. The quantitative estimate of drug-likeness (QED) is 0.852. The Bertz CT molecular complexity index is 474. The zero-order valence-electron chi connectivity index (χ0n) is 9.79. The van der Waals surface area contributed by atoms with E-state index in [1.54, 1.807) is 0 Å². The molecular weight excluding hydrogens is 216 g/mol. The fourth-order valence-corrected chi connectivity index (χ4v) is 2.37. The Morgan fingerprint density at radius 3 is 2.81 bits per heavy atom. The van der Waals surface area contributed by atoms with Crippen LogP contribution in [0.25, 0.3) is 10.9 Å². The van der Waals surface area contributed by atoms with Gasteiger partial charge in [-0.1, -0.05) is 19.9 Å². The zero-order chi connectivity index (χ0) is 11.5. The molecule has 16 heavy (non-hydrogen) atoms. The largest absolute Gasteiger partial charge is 0.358 e. The van der Waals surface area contributed by atoms with Crippen LogP contribution in [0.1, 0.15) is 25.1 Å². The highest BCUT2D eigenvalue weighted by atomic mass is 32.2. The number of hydrogen-bond acceptors (Lipinski definition) is 2. The van der Waals surface area contributed by atoms with Crippen molar-refractivity contribution in [1.82, 2.24) is 4.98 Å². The molecule has 0 fully saturated rings. The van der Waals surface area contributed by atoms with Gasteiger partial charge in [-0.2, -0.15) is 11.8 Å². The van der Waals surface area contributed by atoms with Crippen LogP contribution in [0.2, 0.25) is 0 Å². The number of fused-ring (bicyclic) bond motifs is 1. The molecule has 2 aromatic rings. The summed E-state index contributed by atoms with van der Waals surface area (Å²) in [4.78, 5) is 3.44. The van der Waals surface area contributed by atoms with Crippen LogP contribution in [0.3, 0.4) is 0 Å². The Morgan fingerprint density at radius 2 is 2.12 bits per heavy atom. The van der Waals surface area contributed by atoms with Crippen molar-refractivity contribution in [1.29, 1.82) is 0 Å². The number of hydrogen-bond donors (Lipinski definition) is 2. The van der Waals surface area contributed by atoms with Crippen molar-refractivity contribution in [2.45, 2.75) is 31.4 Å². The van der Waals surface area contributed by atoms with Gasteiger partial charge in [0.15, 0.2) is 0 Å². The molecular formula is C13H18N2S. The maximum Gasteiger partial charge on any atom is 0.0456 e. The molecule has 0 atom stereocenters. The topological polar surface area (TPSA) is 41.8 Å². The minimum absolute atomic E-state index is 0.608. The van der Waals surface area contributed by atoms with E-state index in [0.717, 1.165) is 5.75 Å². The van der Waals surface area contributed by atoms with Gasteiger partial charge in [-0.25, -0.2) is 0 Å². The third kappa shape index (κ3) is 2.60. The fourth-order valence-electron chi connectivity index (χ4n) is 1.70. The van der Waals surface area contributed by atoms with Crippen LogP contribution in [-0.4, -0.2) is 10.2 Å². The first-order valence-electron chi connectivity index (χ1n) is 5.61. The van der Waals surface area contributed by atoms with Gasteiger partial charge in [-0.15, -0.1) is 0 Å². The molecule has 2 nitrogen and oxygen atoms in total. The summed E-state index contributed by atoms with van der Waals surface area (Å²) in [5, 5.41) is 1.94. The SMILES string of the molecule is CC(C)SCc1cc2cc(CN)ccc2[nH]1. The van der Waals surface area contributed by atoms with Crippen molar-refractivity contribution >= 4 is 22.7 Å². The van der Waals surface area contributed by atoms with Crippen LogP contribution in [0.4, 0.5) is 0 Å². The van der Waals surface area contributed by atoms with Crippen LogP contribution in [0.15, 0.2) is 24.3 Å². The first kappa shape index (κ1) is 11.6. The summed E-state index contributed by atoms with van der Waals surface area (Å²) in [6.07, 6.45) is 0. The Balaban J connectivity index is 2.22. The highest BCUT2D eigenvalue weighted by molar-refractivity contribution is 7.99. The molecule has 0 radical (unpaired) electrons. The third-order valence-electron chi connectivity index (χ3n) is 2.55. The average molecular weight is 234 g/mol. The monoisotopic (exact) mass is 234 g/mol. The first-order chi connectivity index (χ1) is 7.69. The van der Waals surface area contributed by atoms with E-state index in [2.05, 4.69) is 43.1 Å². The maximum atomic E-state index is 5.63. The Labute approximate surface area is 101 Å². The van der Waals surface area contributed by atoms with Crippen LogP contribution in [-0.2, 0) is 12.3 Å². The van der Waals surface area contributed by atoms with Crippen LogP contribution >= 0.6 is 11.8 Å². The number of rotatable bonds is 4. The number of nitrogens with two attached hydrogens (primary N) is 1. The van der Waals surface area contributed by atoms with Crippen molar-refractivity contribution in [3.8, 4) is 0 Å². The Kier molecular flexibility index (Phi) is 3.56. The number of thioether (sulfide) groups is 1. The number of aromatic amines is 1. The molecule has 0 saturated heterocycles. The van der Waals surface area contributed by atoms with Crippen LogP contribution < -0.4 is 5.73 Å². The van der Waals surface area contributed by atoms with Crippen molar-refractivity contribution in [2.24, 2.45) is 5.73 Å². The second kappa shape index (κ2) is 4.93. The summed E-state index contributed by atoms with van der Waals surface area (Å²) in [5.74, 6) is 1.05. The van der Waals surface area contributed by atoms with Gasteiger partial charge in [0, 0.05) is 23.5 Å². The molecule has 0 aliphatic carbocycles. The van der Waals surface area contributed by atoms with Gasteiger partial charge in [0.2, 0.25) is 0 Å². The van der Waals surface area contributed by atoms with Crippen molar-refractivity contribution in [3.05, 3.63) is 35.5 Å². The highest BCUT2D eigenvalue weighted by Crippen LogP contribution is 2.22. The molecule has 1 heterocycles. The van der Waals surface area contributed by atoms with E-state index in [9.17, 15) is 0 Å². The van der Waals surface area contributed by atoms with Crippen molar-refractivity contribution in [3.63, 3.8) is 0 Å². The van der Waals surface area contributed by atoms with E-state index in [1.165, 1.54) is 22.2 Å². The van der Waals surface area contributed by atoms with Crippen molar-refractivity contribution < 1.29 is 0 Å². The summed E-state index contributed by atoms with van der Waals surface area (Å²) in [6, 6.07) is 8.58. The number of aromatic nitrogens is 1. The van der Waals surface area contributed by atoms with Gasteiger partial charge in [-0.05, 0) is 34.4 Å². The molecule has 0 amide bonds. The predicted octanol–water partition coefficient (Wildman–Crippen LogP) is 3.27. The summed E-state index contributed by atoms with van der Waals surface area (Å²) in [6.45, 7) is 5.05. The molecule has 0 spiro atoms. The van der Waals surface area contributed by atoms with Gasteiger partial charge in [0.05, 0.1) is 0 Å². The van der Waals surface area contributed by atoms with E-state index < -0.39 is 0 Å². The second-order valence-electron chi connectivity index (χ2n) is 4.28. The third-order valence-corrected chi connectivity index (χ3v) is 3.69. The molecule has 0 saturated carbocycles. The van der Waals surface area contributed by atoms with Gasteiger partial charge >= 0.3 is 0 Å². The summed E-state index contributed by atoms with van der Waals surface area (Å²) < 4.78 is 0. The zero-order valence-corrected chi connectivity index (χ0v) is 10.6. The molecule has 0 aliphatic heterocycles. The molecule has 3 N–H and O–H groups in total. The lowest BCUT2D eigenvalue weighted by molar-refractivity contribution is 1.08. The lowest BCUT2D eigenvalue weighted by atomic mass is 10.1. The molecule has 2 rings (SSSR count). The van der Waals surface area contributed by atoms with E-state index in [4.69, 9.17) is 5.73 Å².